The van der Waals surface area contributed by atoms with Gasteiger partial charge in [-0.2, -0.15) is 5.10 Å². The molecule has 0 spiro atoms. The van der Waals surface area contributed by atoms with Crippen LogP contribution >= 0.6 is 15.9 Å². The molecule has 1 heterocycles. The highest BCUT2D eigenvalue weighted by Crippen LogP contribution is 2.22. The molecule has 2 aromatic rings. The minimum atomic E-state index is -0.762. The van der Waals surface area contributed by atoms with Gasteiger partial charge in [0.25, 0.3) is 5.91 Å². The maximum Gasteiger partial charge on any atom is 0.279 e. The van der Waals surface area contributed by atoms with Crippen molar-refractivity contribution in [1.82, 2.24) is 20.6 Å². The quantitative estimate of drug-likeness (QED) is 0.724. The Morgan fingerprint density at radius 1 is 1.19 bits per heavy atom. The average molecular weight is 423 g/mol. The molecule has 26 heavy (non-hydrogen) atoms. The second-order valence-corrected chi connectivity index (χ2v) is 7.04. The zero-order valence-corrected chi connectivity index (χ0v) is 17.0. The van der Waals surface area contributed by atoms with Gasteiger partial charge >= 0.3 is 0 Å². The zero-order valence-electron chi connectivity index (χ0n) is 15.5. The molecule has 0 radical (unpaired) electrons. The molecule has 1 aromatic heterocycles. The Morgan fingerprint density at radius 3 is 2.42 bits per heavy atom. The second kappa shape index (κ2) is 8.35. The zero-order chi connectivity index (χ0) is 19.4. The van der Waals surface area contributed by atoms with E-state index in [0.717, 1.165) is 21.4 Å². The third-order valence-corrected chi connectivity index (χ3v) is 4.67. The molecule has 2 rings (SSSR count). The van der Waals surface area contributed by atoms with Gasteiger partial charge in [-0.25, -0.2) is 0 Å². The second-order valence-electron chi connectivity index (χ2n) is 6.13. The van der Waals surface area contributed by atoms with E-state index in [1.54, 1.807) is 30.7 Å². The summed E-state index contributed by atoms with van der Waals surface area (Å²) in [5.41, 5.74) is 7.44. The van der Waals surface area contributed by atoms with E-state index in [4.69, 9.17) is 4.74 Å². The number of nitrogens with zero attached hydrogens (tertiary/aromatic N) is 2. The number of nitrogens with one attached hydrogen (secondary N) is 2. The summed E-state index contributed by atoms with van der Waals surface area (Å²) in [5, 5.41) is 4.32. The van der Waals surface area contributed by atoms with Crippen molar-refractivity contribution in [2.75, 3.05) is 0 Å². The van der Waals surface area contributed by atoms with E-state index in [0.29, 0.717) is 5.75 Å². The van der Waals surface area contributed by atoms with E-state index in [9.17, 15) is 9.59 Å². The molecule has 8 heteroatoms. The van der Waals surface area contributed by atoms with Crippen LogP contribution in [0.25, 0.3) is 0 Å². The summed E-state index contributed by atoms with van der Waals surface area (Å²) in [6.07, 6.45) is -0.762. The Kier molecular flexibility index (Phi) is 6.42. The predicted molar refractivity (Wildman–Crippen MR) is 102 cm³/mol. The molecule has 0 saturated carbocycles. The van der Waals surface area contributed by atoms with Gasteiger partial charge in [-0.05, 0) is 45.9 Å². The Morgan fingerprint density at radius 2 is 1.85 bits per heavy atom. The van der Waals surface area contributed by atoms with Crippen LogP contribution in [0, 0.1) is 13.8 Å². The number of carbonyl (C=O) groups is 2. The lowest BCUT2D eigenvalue weighted by Gasteiger charge is -2.17. The molecule has 0 fully saturated rings. The van der Waals surface area contributed by atoms with Crippen molar-refractivity contribution in [3.63, 3.8) is 0 Å². The lowest BCUT2D eigenvalue weighted by Crippen LogP contribution is -2.48. The van der Waals surface area contributed by atoms with Crippen molar-refractivity contribution in [2.24, 2.45) is 7.05 Å². The molecule has 140 valence electrons. The van der Waals surface area contributed by atoms with Gasteiger partial charge in [0, 0.05) is 22.8 Å². The summed E-state index contributed by atoms with van der Waals surface area (Å²) < 4.78 is 8.16. The van der Waals surface area contributed by atoms with Gasteiger partial charge in [-0.3, -0.25) is 25.1 Å². The van der Waals surface area contributed by atoms with Crippen LogP contribution in [0.1, 0.15) is 36.7 Å². The summed E-state index contributed by atoms with van der Waals surface area (Å²) in [6, 6.07) is 7.19. The lowest BCUT2D eigenvalue weighted by atomic mass is 9.98. The van der Waals surface area contributed by atoms with Crippen molar-refractivity contribution < 1.29 is 14.3 Å². The Balaban J connectivity index is 1.92. The highest BCUT2D eigenvalue weighted by atomic mass is 79.9. The van der Waals surface area contributed by atoms with Gasteiger partial charge in [0.05, 0.1) is 11.6 Å². The normalized spacial score (nSPS) is 13.0. The molecule has 2 N–H and O–H groups in total. The highest BCUT2D eigenvalue weighted by molar-refractivity contribution is 9.10. The number of halogens is 1. The van der Waals surface area contributed by atoms with Crippen molar-refractivity contribution in [3.05, 3.63) is 45.7 Å². The molecule has 7 nitrogen and oxygen atoms in total. The van der Waals surface area contributed by atoms with E-state index >= 15 is 0 Å². The minimum Gasteiger partial charge on any atom is -0.481 e. The van der Waals surface area contributed by atoms with Crippen molar-refractivity contribution in [2.45, 2.75) is 39.7 Å². The Labute approximate surface area is 161 Å². The molecular formula is C18H23BrN4O3. The van der Waals surface area contributed by atoms with Crippen LogP contribution in [0.5, 0.6) is 5.75 Å². The molecule has 1 aromatic carbocycles. The Hall–Kier alpha value is -2.35. The number of amides is 2. The molecule has 0 aliphatic carbocycles. The summed E-state index contributed by atoms with van der Waals surface area (Å²) in [5.74, 6) is -0.633. The number of hydrazine groups is 1. The fourth-order valence-electron chi connectivity index (χ4n) is 2.68. The third kappa shape index (κ3) is 4.63. The predicted octanol–water partition coefficient (Wildman–Crippen LogP) is 2.52. The molecule has 2 amide bonds. The first-order valence-electron chi connectivity index (χ1n) is 8.22. The summed E-state index contributed by atoms with van der Waals surface area (Å²) in [7, 11) is 1.83. The van der Waals surface area contributed by atoms with E-state index in [2.05, 4.69) is 31.9 Å². The lowest BCUT2D eigenvalue weighted by molar-refractivity contribution is -0.133. The van der Waals surface area contributed by atoms with Crippen LogP contribution in [-0.4, -0.2) is 27.7 Å². The maximum absolute atomic E-state index is 12.4. The number of carbonyl (C=O) groups excluding carboxylic acids is 2. The molecule has 0 bridgehead atoms. The number of ether oxygens (including phenoxy) is 1. The molecular weight excluding hydrogens is 400 g/mol. The van der Waals surface area contributed by atoms with Gasteiger partial charge in [-0.1, -0.05) is 22.0 Å². The SMILES string of the molecule is Cc1nn(C)c(C)c1[C@@H](C)C(=O)NNC(=O)[C@@H](C)Oc1cccc(Br)c1. The summed E-state index contributed by atoms with van der Waals surface area (Å²) in [4.78, 5) is 24.5. The van der Waals surface area contributed by atoms with Crippen LogP contribution in [0.2, 0.25) is 0 Å². The number of benzene rings is 1. The van der Waals surface area contributed by atoms with Gasteiger partial charge in [0.1, 0.15) is 5.75 Å². The third-order valence-electron chi connectivity index (χ3n) is 4.18. The number of aromatic nitrogens is 2. The maximum atomic E-state index is 12.4. The fourth-order valence-corrected chi connectivity index (χ4v) is 3.06. The smallest absolute Gasteiger partial charge is 0.279 e. The fraction of sp³-hybridized carbons (Fsp3) is 0.389. The molecule has 0 saturated heterocycles. The minimum absolute atomic E-state index is 0.313. The van der Waals surface area contributed by atoms with Crippen LogP contribution in [0.3, 0.4) is 0 Å². The molecule has 2 atom stereocenters. The average Bonchev–Trinajstić information content (AvgIpc) is 2.83. The van der Waals surface area contributed by atoms with Crippen LogP contribution in [0.15, 0.2) is 28.7 Å². The Bertz CT molecular complexity index is 819. The standard InChI is InChI=1S/C18H23BrN4O3/c1-10(16-11(2)22-23(5)12(16)3)17(24)20-21-18(25)13(4)26-15-8-6-7-14(19)9-15/h6-10,13H,1-5H3,(H,20,24)(H,21,25)/t10-,13-/m1/s1. The van der Waals surface area contributed by atoms with E-state index in [1.165, 1.54) is 0 Å². The van der Waals surface area contributed by atoms with E-state index in [-0.39, 0.29) is 5.91 Å². The monoisotopic (exact) mass is 422 g/mol. The summed E-state index contributed by atoms with van der Waals surface area (Å²) in [6.45, 7) is 7.16. The largest absolute Gasteiger partial charge is 0.481 e. The molecule has 0 aliphatic heterocycles. The van der Waals surface area contributed by atoms with Crippen LogP contribution in [0.4, 0.5) is 0 Å². The van der Waals surface area contributed by atoms with Crippen molar-refractivity contribution >= 4 is 27.7 Å². The van der Waals surface area contributed by atoms with Crippen molar-refractivity contribution in [3.8, 4) is 5.75 Å². The summed E-state index contributed by atoms with van der Waals surface area (Å²) >= 11 is 3.35. The van der Waals surface area contributed by atoms with Crippen LogP contribution < -0.4 is 15.6 Å². The number of hydrogen-bond donors (Lipinski definition) is 2. The number of rotatable bonds is 5. The first-order chi connectivity index (χ1) is 12.2. The van der Waals surface area contributed by atoms with Gasteiger partial charge < -0.3 is 4.74 Å². The van der Waals surface area contributed by atoms with E-state index < -0.39 is 17.9 Å². The van der Waals surface area contributed by atoms with Gasteiger partial charge in [-0.15, -0.1) is 0 Å². The van der Waals surface area contributed by atoms with Crippen molar-refractivity contribution in [1.29, 1.82) is 0 Å². The topological polar surface area (TPSA) is 85.3 Å². The first-order valence-corrected chi connectivity index (χ1v) is 9.02. The van der Waals surface area contributed by atoms with Crippen LogP contribution in [-0.2, 0) is 16.6 Å². The molecule has 0 aliphatic rings. The van der Waals surface area contributed by atoms with Gasteiger partial charge in [0.15, 0.2) is 6.10 Å². The molecule has 0 unspecified atom stereocenters. The van der Waals surface area contributed by atoms with E-state index in [1.807, 2.05) is 33.0 Å². The number of aryl methyl sites for hydroxylation is 2. The number of hydrogen-bond acceptors (Lipinski definition) is 4. The highest BCUT2D eigenvalue weighted by Gasteiger charge is 2.23. The first kappa shape index (κ1) is 20.0. The van der Waals surface area contributed by atoms with Gasteiger partial charge in [0.2, 0.25) is 5.91 Å².